The van der Waals surface area contributed by atoms with Crippen molar-refractivity contribution in [2.24, 2.45) is 0 Å². The second-order valence-corrected chi connectivity index (χ2v) is 5.20. The van der Waals surface area contributed by atoms with Gasteiger partial charge in [0.15, 0.2) is 0 Å². The highest BCUT2D eigenvalue weighted by atomic mass is 16.5. The molecule has 1 heterocycles. The Balaban J connectivity index is 2.27. The average Bonchev–Trinajstić information content (AvgIpc) is 2.94. The largest absolute Gasteiger partial charge is 0.496 e. The summed E-state index contributed by atoms with van der Waals surface area (Å²) in [6, 6.07) is 5.87. The van der Waals surface area contributed by atoms with Crippen molar-refractivity contribution in [3.8, 4) is 5.75 Å². The van der Waals surface area contributed by atoms with E-state index in [4.69, 9.17) is 14.2 Å². The molecule has 0 N–H and O–H groups in total. The second kappa shape index (κ2) is 7.43. The predicted molar refractivity (Wildman–Crippen MR) is 79.6 cm³/mol. The molecular weight excluding hydrogens is 270 g/mol. The first-order chi connectivity index (χ1) is 10.2. The minimum absolute atomic E-state index is 0.327. The molecule has 1 atom stereocenters. The maximum atomic E-state index is 12.0. The molecule has 2 rings (SSSR count). The van der Waals surface area contributed by atoms with Crippen LogP contribution in [0.2, 0.25) is 0 Å². The van der Waals surface area contributed by atoms with Crippen molar-refractivity contribution in [1.82, 2.24) is 4.90 Å². The van der Waals surface area contributed by atoms with Crippen molar-refractivity contribution in [1.29, 1.82) is 0 Å². The molecule has 0 radical (unpaired) electrons. The minimum atomic E-state index is -0.327. The third-order valence-corrected chi connectivity index (χ3v) is 3.98. The molecule has 116 valence electrons. The van der Waals surface area contributed by atoms with Crippen LogP contribution in [0.4, 0.5) is 0 Å². The van der Waals surface area contributed by atoms with E-state index in [1.165, 1.54) is 7.11 Å². The number of rotatable bonds is 6. The fourth-order valence-electron chi connectivity index (χ4n) is 2.91. The van der Waals surface area contributed by atoms with Crippen LogP contribution in [-0.2, 0) is 16.0 Å². The normalized spacial score (nSPS) is 18.7. The lowest BCUT2D eigenvalue weighted by molar-refractivity contribution is 0.0596. The van der Waals surface area contributed by atoms with Gasteiger partial charge in [-0.25, -0.2) is 4.79 Å². The molecule has 0 spiro atoms. The molecular formula is C16H23NO4. The summed E-state index contributed by atoms with van der Waals surface area (Å²) in [6.45, 7) is 2.39. The van der Waals surface area contributed by atoms with Crippen LogP contribution in [0.5, 0.6) is 5.75 Å². The van der Waals surface area contributed by atoms with Crippen LogP contribution in [0.1, 0.15) is 28.8 Å². The van der Waals surface area contributed by atoms with Crippen LogP contribution in [0.25, 0.3) is 0 Å². The molecule has 0 aliphatic carbocycles. The van der Waals surface area contributed by atoms with Crippen LogP contribution >= 0.6 is 0 Å². The number of benzene rings is 1. The molecule has 1 fully saturated rings. The molecule has 1 saturated heterocycles. The molecule has 1 aromatic rings. The third-order valence-electron chi connectivity index (χ3n) is 3.98. The first kappa shape index (κ1) is 15.8. The molecule has 1 aliphatic rings. The Morgan fingerprint density at radius 2 is 2.14 bits per heavy atom. The number of nitrogens with zero attached hydrogens (tertiary/aromatic N) is 1. The molecule has 0 unspecified atom stereocenters. The summed E-state index contributed by atoms with van der Waals surface area (Å²) < 4.78 is 15.6. The second-order valence-electron chi connectivity index (χ2n) is 5.20. The maximum absolute atomic E-state index is 12.0. The summed E-state index contributed by atoms with van der Waals surface area (Å²) in [5.74, 6) is 0.396. The highest BCUT2D eigenvalue weighted by Crippen LogP contribution is 2.28. The van der Waals surface area contributed by atoms with E-state index in [-0.39, 0.29) is 5.97 Å². The maximum Gasteiger partial charge on any atom is 0.338 e. The number of esters is 1. The van der Waals surface area contributed by atoms with Crippen LogP contribution < -0.4 is 4.74 Å². The Labute approximate surface area is 125 Å². The quantitative estimate of drug-likeness (QED) is 0.752. The number of carbonyl (C=O) groups is 1. The number of ether oxygens (including phenoxy) is 3. The van der Waals surface area contributed by atoms with Gasteiger partial charge < -0.3 is 14.2 Å². The lowest BCUT2D eigenvalue weighted by atomic mass is 10.1. The number of methoxy groups -OCH3 is 3. The van der Waals surface area contributed by atoms with E-state index in [0.717, 1.165) is 30.7 Å². The molecule has 1 aromatic carbocycles. The van der Waals surface area contributed by atoms with Crippen LogP contribution in [0, 0.1) is 0 Å². The summed E-state index contributed by atoms with van der Waals surface area (Å²) in [6.07, 6.45) is 2.27. The van der Waals surface area contributed by atoms with E-state index >= 15 is 0 Å². The lowest BCUT2D eigenvalue weighted by Gasteiger charge is -2.25. The van der Waals surface area contributed by atoms with Gasteiger partial charge in [0.1, 0.15) is 5.75 Å². The summed E-state index contributed by atoms with van der Waals surface area (Å²) >= 11 is 0. The summed E-state index contributed by atoms with van der Waals surface area (Å²) in [5, 5.41) is 0. The van der Waals surface area contributed by atoms with Gasteiger partial charge in [-0.2, -0.15) is 0 Å². The fourth-order valence-corrected chi connectivity index (χ4v) is 2.91. The van der Waals surface area contributed by atoms with E-state index in [9.17, 15) is 4.79 Å². The highest BCUT2D eigenvalue weighted by molar-refractivity contribution is 5.91. The van der Waals surface area contributed by atoms with Gasteiger partial charge in [0.2, 0.25) is 0 Å². The zero-order valence-corrected chi connectivity index (χ0v) is 12.9. The van der Waals surface area contributed by atoms with E-state index < -0.39 is 0 Å². The van der Waals surface area contributed by atoms with E-state index in [1.807, 2.05) is 12.1 Å². The molecule has 0 bridgehead atoms. The highest BCUT2D eigenvalue weighted by Gasteiger charge is 2.27. The summed E-state index contributed by atoms with van der Waals surface area (Å²) in [7, 11) is 4.74. The number of hydrogen-bond acceptors (Lipinski definition) is 5. The standard InChI is InChI=1S/C16H23NO4/c1-19-11-12-6-5-9-17(12)10-14-13(16(18)21-3)7-4-8-15(14)20-2/h4,7-8,12H,5-6,9-11H2,1-3H3/t12-/m0/s1. The number of carbonyl (C=O) groups excluding carboxylic acids is 1. The van der Waals surface area contributed by atoms with E-state index in [1.54, 1.807) is 20.3 Å². The smallest absolute Gasteiger partial charge is 0.338 e. The Bertz CT molecular complexity index is 489. The van der Waals surface area contributed by atoms with Crippen molar-refractivity contribution in [3.05, 3.63) is 29.3 Å². The third kappa shape index (κ3) is 3.54. The first-order valence-corrected chi connectivity index (χ1v) is 7.18. The van der Waals surface area contributed by atoms with Crippen molar-refractivity contribution in [3.63, 3.8) is 0 Å². The lowest BCUT2D eigenvalue weighted by Crippen LogP contribution is -2.33. The molecule has 5 heteroatoms. The summed E-state index contributed by atoms with van der Waals surface area (Å²) in [5.41, 5.74) is 1.45. The monoisotopic (exact) mass is 293 g/mol. The Morgan fingerprint density at radius 1 is 1.33 bits per heavy atom. The fraction of sp³-hybridized carbons (Fsp3) is 0.562. The SMILES string of the molecule is COC[C@@H]1CCCN1Cc1c(OC)cccc1C(=O)OC. The van der Waals surface area contributed by atoms with Crippen molar-refractivity contribution >= 4 is 5.97 Å². The van der Waals surface area contributed by atoms with Crippen LogP contribution in [0.3, 0.4) is 0 Å². The van der Waals surface area contributed by atoms with Crippen molar-refractivity contribution in [2.45, 2.75) is 25.4 Å². The Hall–Kier alpha value is -1.59. The molecule has 1 aliphatic heterocycles. The van der Waals surface area contributed by atoms with Crippen molar-refractivity contribution in [2.75, 3.05) is 34.5 Å². The van der Waals surface area contributed by atoms with Gasteiger partial charge in [-0.3, -0.25) is 4.90 Å². The van der Waals surface area contributed by atoms with Gasteiger partial charge in [0, 0.05) is 25.3 Å². The number of hydrogen-bond donors (Lipinski definition) is 0. The van der Waals surface area contributed by atoms with E-state index in [2.05, 4.69) is 4.90 Å². The molecule has 0 amide bonds. The predicted octanol–water partition coefficient (Wildman–Crippen LogP) is 2.09. The van der Waals surface area contributed by atoms with E-state index in [0.29, 0.717) is 24.8 Å². The number of likely N-dealkylation sites (tertiary alicyclic amines) is 1. The zero-order chi connectivity index (χ0) is 15.2. The van der Waals surface area contributed by atoms with Gasteiger partial charge in [0.25, 0.3) is 0 Å². The van der Waals surface area contributed by atoms with Gasteiger partial charge >= 0.3 is 5.97 Å². The van der Waals surface area contributed by atoms with Gasteiger partial charge in [-0.15, -0.1) is 0 Å². The summed E-state index contributed by atoms with van der Waals surface area (Å²) in [4.78, 5) is 14.3. The van der Waals surface area contributed by atoms with Crippen LogP contribution in [0.15, 0.2) is 18.2 Å². The zero-order valence-electron chi connectivity index (χ0n) is 12.9. The topological polar surface area (TPSA) is 48.0 Å². The minimum Gasteiger partial charge on any atom is -0.496 e. The molecule has 5 nitrogen and oxygen atoms in total. The molecule has 0 saturated carbocycles. The van der Waals surface area contributed by atoms with Gasteiger partial charge in [-0.05, 0) is 31.5 Å². The van der Waals surface area contributed by atoms with Crippen molar-refractivity contribution < 1.29 is 19.0 Å². The Kier molecular flexibility index (Phi) is 5.59. The van der Waals surface area contributed by atoms with Gasteiger partial charge in [0.05, 0.1) is 26.4 Å². The van der Waals surface area contributed by atoms with Crippen LogP contribution in [-0.4, -0.2) is 51.4 Å². The first-order valence-electron chi connectivity index (χ1n) is 7.18. The van der Waals surface area contributed by atoms with Gasteiger partial charge in [-0.1, -0.05) is 6.07 Å². The Morgan fingerprint density at radius 3 is 2.81 bits per heavy atom. The molecule has 0 aromatic heterocycles. The average molecular weight is 293 g/mol. The molecule has 21 heavy (non-hydrogen) atoms.